The molecule has 2 aromatic carbocycles. The van der Waals surface area contributed by atoms with E-state index in [1.54, 1.807) is 24.3 Å². The van der Waals surface area contributed by atoms with Crippen molar-refractivity contribution >= 4 is 27.7 Å². The van der Waals surface area contributed by atoms with E-state index in [-0.39, 0.29) is 18.4 Å². The number of hydrogen-bond acceptors (Lipinski definition) is 2. The SMILES string of the molecule is O=C(CNC(=O)c1ccc(Br)cc1)NCc1ccccc1. The monoisotopic (exact) mass is 346 g/mol. The topological polar surface area (TPSA) is 58.2 Å². The van der Waals surface area contributed by atoms with Gasteiger partial charge < -0.3 is 10.6 Å². The fourth-order valence-electron chi connectivity index (χ4n) is 1.72. The lowest BCUT2D eigenvalue weighted by Gasteiger charge is -2.07. The largest absolute Gasteiger partial charge is 0.350 e. The van der Waals surface area contributed by atoms with Gasteiger partial charge in [-0.3, -0.25) is 9.59 Å². The molecule has 0 aliphatic rings. The van der Waals surface area contributed by atoms with Crippen LogP contribution in [0.5, 0.6) is 0 Å². The van der Waals surface area contributed by atoms with Crippen LogP contribution in [0.2, 0.25) is 0 Å². The Bertz CT molecular complexity index is 612. The van der Waals surface area contributed by atoms with Crippen molar-refractivity contribution in [2.45, 2.75) is 6.54 Å². The summed E-state index contributed by atoms with van der Waals surface area (Å²) in [5.41, 5.74) is 1.54. The number of rotatable bonds is 5. The maximum absolute atomic E-state index is 11.8. The highest BCUT2D eigenvalue weighted by Crippen LogP contribution is 2.10. The molecule has 2 aromatic rings. The normalized spacial score (nSPS) is 9.95. The number of carbonyl (C=O) groups excluding carboxylic acids is 2. The number of amides is 2. The summed E-state index contributed by atoms with van der Waals surface area (Å²) in [6.45, 7) is 0.412. The molecular formula is C16H15BrN2O2. The zero-order chi connectivity index (χ0) is 15.1. The summed E-state index contributed by atoms with van der Waals surface area (Å²) in [6, 6.07) is 16.6. The van der Waals surface area contributed by atoms with Crippen LogP contribution in [-0.2, 0) is 11.3 Å². The average Bonchev–Trinajstić information content (AvgIpc) is 2.52. The molecule has 2 N–H and O–H groups in total. The molecule has 0 spiro atoms. The van der Waals surface area contributed by atoms with Crippen LogP contribution in [0, 0.1) is 0 Å². The lowest BCUT2D eigenvalue weighted by Crippen LogP contribution is -2.36. The summed E-state index contributed by atoms with van der Waals surface area (Å²) in [7, 11) is 0. The summed E-state index contributed by atoms with van der Waals surface area (Å²) in [4.78, 5) is 23.5. The van der Waals surface area contributed by atoms with Crippen molar-refractivity contribution in [2.75, 3.05) is 6.54 Å². The van der Waals surface area contributed by atoms with E-state index in [0.717, 1.165) is 10.0 Å². The standard InChI is InChI=1S/C16H15BrN2O2/c17-14-8-6-13(7-9-14)16(21)19-11-15(20)18-10-12-4-2-1-3-5-12/h1-9H,10-11H2,(H,18,20)(H,19,21). The van der Waals surface area contributed by atoms with E-state index in [9.17, 15) is 9.59 Å². The van der Waals surface area contributed by atoms with Crippen molar-refractivity contribution in [3.05, 3.63) is 70.2 Å². The smallest absolute Gasteiger partial charge is 0.251 e. The van der Waals surface area contributed by atoms with Gasteiger partial charge in [0.2, 0.25) is 5.91 Å². The van der Waals surface area contributed by atoms with E-state index in [4.69, 9.17) is 0 Å². The first-order chi connectivity index (χ1) is 10.1. The second-order valence-corrected chi connectivity index (χ2v) is 5.37. The van der Waals surface area contributed by atoms with Crippen LogP contribution >= 0.6 is 15.9 Å². The molecule has 0 saturated carbocycles. The van der Waals surface area contributed by atoms with Gasteiger partial charge in [-0.2, -0.15) is 0 Å². The summed E-state index contributed by atoms with van der Waals surface area (Å²) in [5.74, 6) is -0.485. The summed E-state index contributed by atoms with van der Waals surface area (Å²) in [6.07, 6.45) is 0. The molecule has 2 amide bonds. The summed E-state index contributed by atoms with van der Waals surface area (Å²) in [5, 5.41) is 5.34. The molecule has 4 nitrogen and oxygen atoms in total. The van der Waals surface area contributed by atoms with E-state index in [0.29, 0.717) is 12.1 Å². The molecule has 0 aromatic heterocycles. The second kappa shape index (κ2) is 7.59. The van der Waals surface area contributed by atoms with Crippen molar-refractivity contribution in [2.24, 2.45) is 0 Å². The van der Waals surface area contributed by atoms with Gasteiger partial charge >= 0.3 is 0 Å². The summed E-state index contributed by atoms with van der Waals surface area (Å²) < 4.78 is 0.902. The van der Waals surface area contributed by atoms with E-state index >= 15 is 0 Å². The Labute approximate surface area is 131 Å². The highest BCUT2D eigenvalue weighted by molar-refractivity contribution is 9.10. The third-order valence-electron chi connectivity index (χ3n) is 2.85. The number of hydrogen-bond donors (Lipinski definition) is 2. The Morgan fingerprint density at radius 2 is 1.57 bits per heavy atom. The van der Waals surface area contributed by atoms with E-state index < -0.39 is 0 Å². The Morgan fingerprint density at radius 1 is 0.905 bits per heavy atom. The average molecular weight is 347 g/mol. The molecule has 0 aliphatic heterocycles. The van der Waals surface area contributed by atoms with Gasteiger partial charge in [0, 0.05) is 16.6 Å². The molecule has 0 fully saturated rings. The molecule has 5 heteroatoms. The fraction of sp³-hybridized carbons (Fsp3) is 0.125. The second-order valence-electron chi connectivity index (χ2n) is 4.45. The van der Waals surface area contributed by atoms with E-state index in [1.807, 2.05) is 30.3 Å². The Balaban J connectivity index is 1.76. The third-order valence-corrected chi connectivity index (χ3v) is 3.38. The molecular weight excluding hydrogens is 332 g/mol. The first-order valence-corrected chi connectivity index (χ1v) is 7.29. The predicted octanol–water partition coefficient (Wildman–Crippen LogP) is 2.50. The van der Waals surface area contributed by atoms with Crippen LogP contribution in [0.3, 0.4) is 0 Å². The van der Waals surface area contributed by atoms with Crippen molar-refractivity contribution in [3.63, 3.8) is 0 Å². The van der Waals surface area contributed by atoms with Crippen LogP contribution in [0.4, 0.5) is 0 Å². The maximum atomic E-state index is 11.8. The quantitative estimate of drug-likeness (QED) is 0.873. The van der Waals surface area contributed by atoms with Crippen molar-refractivity contribution in [1.82, 2.24) is 10.6 Å². The van der Waals surface area contributed by atoms with Crippen LogP contribution in [-0.4, -0.2) is 18.4 Å². The van der Waals surface area contributed by atoms with Gasteiger partial charge in [-0.15, -0.1) is 0 Å². The zero-order valence-corrected chi connectivity index (χ0v) is 12.9. The van der Waals surface area contributed by atoms with Gasteiger partial charge in [-0.05, 0) is 29.8 Å². The van der Waals surface area contributed by atoms with Crippen molar-refractivity contribution in [3.8, 4) is 0 Å². The number of nitrogens with one attached hydrogen (secondary N) is 2. The molecule has 0 aliphatic carbocycles. The molecule has 0 bridgehead atoms. The molecule has 2 rings (SSSR count). The minimum Gasteiger partial charge on any atom is -0.350 e. The Kier molecular flexibility index (Phi) is 5.51. The molecule has 0 radical (unpaired) electrons. The molecule has 108 valence electrons. The van der Waals surface area contributed by atoms with Crippen LogP contribution in [0.15, 0.2) is 59.1 Å². The highest BCUT2D eigenvalue weighted by atomic mass is 79.9. The van der Waals surface area contributed by atoms with Gasteiger partial charge in [-0.1, -0.05) is 46.3 Å². The Hall–Kier alpha value is -2.14. The van der Waals surface area contributed by atoms with Gasteiger partial charge in [0.15, 0.2) is 0 Å². The number of carbonyl (C=O) groups is 2. The highest BCUT2D eigenvalue weighted by Gasteiger charge is 2.07. The minimum atomic E-state index is -0.266. The third kappa shape index (κ3) is 5.04. The molecule has 0 heterocycles. The summed E-state index contributed by atoms with van der Waals surface area (Å²) >= 11 is 3.30. The van der Waals surface area contributed by atoms with Gasteiger partial charge in [0.25, 0.3) is 5.91 Å². The van der Waals surface area contributed by atoms with Crippen molar-refractivity contribution in [1.29, 1.82) is 0 Å². The predicted molar refractivity (Wildman–Crippen MR) is 84.8 cm³/mol. The molecule has 0 unspecified atom stereocenters. The molecule has 0 saturated heterocycles. The first kappa shape index (κ1) is 15.3. The van der Waals surface area contributed by atoms with Gasteiger partial charge in [0.05, 0.1) is 6.54 Å². The van der Waals surface area contributed by atoms with E-state index in [1.165, 1.54) is 0 Å². The molecule has 0 atom stereocenters. The van der Waals surface area contributed by atoms with Crippen LogP contribution in [0.25, 0.3) is 0 Å². The van der Waals surface area contributed by atoms with Gasteiger partial charge in [-0.25, -0.2) is 0 Å². The van der Waals surface area contributed by atoms with Gasteiger partial charge in [0.1, 0.15) is 0 Å². The number of benzene rings is 2. The first-order valence-electron chi connectivity index (χ1n) is 6.49. The Morgan fingerprint density at radius 3 is 2.24 bits per heavy atom. The maximum Gasteiger partial charge on any atom is 0.251 e. The lowest BCUT2D eigenvalue weighted by atomic mass is 10.2. The zero-order valence-electron chi connectivity index (χ0n) is 11.3. The van der Waals surface area contributed by atoms with Crippen LogP contribution in [0.1, 0.15) is 15.9 Å². The minimum absolute atomic E-state index is 0.0399. The van der Waals surface area contributed by atoms with E-state index in [2.05, 4.69) is 26.6 Å². The molecule has 21 heavy (non-hydrogen) atoms. The fourth-order valence-corrected chi connectivity index (χ4v) is 1.99. The van der Waals surface area contributed by atoms with Crippen LogP contribution < -0.4 is 10.6 Å². The lowest BCUT2D eigenvalue weighted by molar-refractivity contribution is -0.120. The number of halogens is 1. The van der Waals surface area contributed by atoms with Crippen molar-refractivity contribution < 1.29 is 9.59 Å².